The molecule has 0 radical (unpaired) electrons. The number of furan rings is 1. The molecule has 10 heteroatoms. The summed E-state index contributed by atoms with van der Waals surface area (Å²) in [6.45, 7) is 3.54. The summed E-state index contributed by atoms with van der Waals surface area (Å²) >= 11 is 0. The highest BCUT2D eigenvalue weighted by atomic mass is 16.3. The van der Waals surface area contributed by atoms with Gasteiger partial charge in [0.15, 0.2) is 5.76 Å². The van der Waals surface area contributed by atoms with E-state index in [9.17, 15) is 19.2 Å². The molecule has 5 amide bonds. The van der Waals surface area contributed by atoms with Crippen LogP contribution in [0.2, 0.25) is 0 Å². The van der Waals surface area contributed by atoms with Crippen LogP contribution in [-0.4, -0.2) is 71.8 Å². The summed E-state index contributed by atoms with van der Waals surface area (Å²) in [7, 11) is 1.44. The minimum atomic E-state index is -0.837. The second-order valence-electron chi connectivity index (χ2n) is 6.82. The second kappa shape index (κ2) is 8.56. The molecule has 1 aliphatic rings. The van der Waals surface area contributed by atoms with Crippen molar-refractivity contribution < 1.29 is 23.6 Å². The number of urea groups is 1. The molecule has 10 nitrogen and oxygen atoms in total. The first kappa shape index (κ1) is 20.3. The molecule has 148 valence electrons. The Bertz CT molecular complexity index is 703. The molecule has 2 atom stereocenters. The van der Waals surface area contributed by atoms with E-state index in [4.69, 9.17) is 10.2 Å². The van der Waals surface area contributed by atoms with Gasteiger partial charge in [-0.25, -0.2) is 4.79 Å². The molecule has 1 fully saturated rings. The van der Waals surface area contributed by atoms with Gasteiger partial charge in [-0.05, 0) is 32.4 Å². The number of carbonyl (C=O) groups excluding carboxylic acids is 4. The van der Waals surface area contributed by atoms with Crippen molar-refractivity contribution in [3.8, 4) is 0 Å². The molecule has 2 rings (SSSR count). The zero-order valence-corrected chi connectivity index (χ0v) is 15.6. The third kappa shape index (κ3) is 5.22. The van der Waals surface area contributed by atoms with Gasteiger partial charge in [0.2, 0.25) is 11.8 Å². The maximum Gasteiger partial charge on any atom is 0.315 e. The Morgan fingerprint density at radius 2 is 2.07 bits per heavy atom. The van der Waals surface area contributed by atoms with Crippen molar-refractivity contribution in [1.29, 1.82) is 0 Å². The summed E-state index contributed by atoms with van der Waals surface area (Å²) in [4.78, 5) is 51.1. The van der Waals surface area contributed by atoms with Gasteiger partial charge in [0.25, 0.3) is 5.91 Å². The van der Waals surface area contributed by atoms with Gasteiger partial charge in [-0.15, -0.1) is 0 Å². The number of carbonyl (C=O) groups is 4. The number of likely N-dealkylation sites (N-methyl/N-ethyl adjacent to an activating group) is 1. The van der Waals surface area contributed by atoms with Gasteiger partial charge in [-0.3, -0.25) is 14.4 Å². The fraction of sp³-hybridized carbons (Fsp3) is 0.529. The van der Waals surface area contributed by atoms with Gasteiger partial charge in [-0.1, -0.05) is 0 Å². The average molecular weight is 379 g/mol. The van der Waals surface area contributed by atoms with Gasteiger partial charge in [0.05, 0.1) is 18.8 Å². The van der Waals surface area contributed by atoms with E-state index in [1.165, 1.54) is 29.2 Å². The molecule has 0 aliphatic carbocycles. The van der Waals surface area contributed by atoms with Crippen LogP contribution in [0.3, 0.4) is 0 Å². The first-order valence-electron chi connectivity index (χ1n) is 8.63. The number of primary amides is 1. The Morgan fingerprint density at radius 1 is 1.37 bits per heavy atom. The van der Waals surface area contributed by atoms with E-state index in [0.29, 0.717) is 0 Å². The molecular weight excluding hydrogens is 354 g/mol. The number of rotatable bonds is 6. The number of nitrogens with zero attached hydrogens (tertiary/aromatic N) is 2. The quantitative estimate of drug-likeness (QED) is 0.612. The molecule has 1 aromatic heterocycles. The molecule has 1 saturated heterocycles. The van der Waals surface area contributed by atoms with Crippen LogP contribution >= 0.6 is 0 Å². The maximum absolute atomic E-state index is 12.7. The van der Waals surface area contributed by atoms with Crippen molar-refractivity contribution in [3.05, 3.63) is 24.2 Å². The number of nitrogens with one attached hydrogen (secondary N) is 2. The largest absolute Gasteiger partial charge is 0.459 e. The fourth-order valence-corrected chi connectivity index (χ4v) is 3.00. The maximum atomic E-state index is 12.7. The van der Waals surface area contributed by atoms with E-state index in [-0.39, 0.29) is 37.3 Å². The van der Waals surface area contributed by atoms with E-state index in [2.05, 4.69) is 10.6 Å². The standard InChI is InChI=1S/C17H25N5O5/c1-10(2)19-17(26)20-11-7-12(15(24)21(3)9-14(18)23)22(8-11)16(25)13-5-4-6-27-13/h4-6,10-12H,7-9H2,1-3H3,(H2,18,23)(H2,19,20,26)/t11-,12-/m0/s1. The van der Waals surface area contributed by atoms with Crippen LogP contribution in [-0.2, 0) is 9.59 Å². The van der Waals surface area contributed by atoms with Crippen LogP contribution < -0.4 is 16.4 Å². The van der Waals surface area contributed by atoms with E-state index in [0.717, 1.165) is 0 Å². The second-order valence-corrected chi connectivity index (χ2v) is 6.82. The smallest absolute Gasteiger partial charge is 0.315 e. The number of likely N-dealkylation sites (tertiary alicyclic amines) is 1. The molecule has 4 N–H and O–H groups in total. The van der Waals surface area contributed by atoms with Crippen LogP contribution in [0.1, 0.15) is 30.8 Å². The Morgan fingerprint density at radius 3 is 2.63 bits per heavy atom. The van der Waals surface area contributed by atoms with Crippen LogP contribution in [0.5, 0.6) is 0 Å². The Labute approximate surface area is 157 Å². The lowest BCUT2D eigenvalue weighted by Gasteiger charge is -2.26. The highest BCUT2D eigenvalue weighted by Crippen LogP contribution is 2.22. The molecule has 2 heterocycles. The van der Waals surface area contributed by atoms with Crippen LogP contribution in [0.4, 0.5) is 4.79 Å². The van der Waals surface area contributed by atoms with Gasteiger partial charge in [-0.2, -0.15) is 0 Å². The first-order valence-corrected chi connectivity index (χ1v) is 8.63. The molecule has 1 aromatic rings. The summed E-state index contributed by atoms with van der Waals surface area (Å²) in [6, 6.07) is 1.40. The fourth-order valence-electron chi connectivity index (χ4n) is 3.00. The number of nitrogens with two attached hydrogens (primary N) is 1. The molecule has 27 heavy (non-hydrogen) atoms. The topological polar surface area (TPSA) is 138 Å². The summed E-state index contributed by atoms with van der Waals surface area (Å²) in [6.07, 6.45) is 1.59. The summed E-state index contributed by atoms with van der Waals surface area (Å²) in [5.74, 6) is -1.45. The molecule has 1 aliphatic heterocycles. The Balaban J connectivity index is 2.16. The van der Waals surface area contributed by atoms with Crippen molar-refractivity contribution in [2.75, 3.05) is 20.1 Å². The van der Waals surface area contributed by atoms with Crippen molar-refractivity contribution in [3.63, 3.8) is 0 Å². The predicted octanol–water partition coefficient (Wildman–Crippen LogP) is -0.486. The van der Waals surface area contributed by atoms with Crippen molar-refractivity contribution in [2.24, 2.45) is 5.73 Å². The van der Waals surface area contributed by atoms with Gasteiger partial charge < -0.3 is 30.6 Å². The molecule has 0 saturated carbocycles. The molecule has 0 spiro atoms. The van der Waals surface area contributed by atoms with Gasteiger partial charge in [0.1, 0.15) is 6.04 Å². The van der Waals surface area contributed by atoms with E-state index in [1.54, 1.807) is 6.07 Å². The third-order valence-electron chi connectivity index (χ3n) is 4.10. The van der Waals surface area contributed by atoms with E-state index >= 15 is 0 Å². The van der Waals surface area contributed by atoms with Crippen LogP contribution in [0.15, 0.2) is 22.8 Å². The highest BCUT2D eigenvalue weighted by molar-refractivity contribution is 5.96. The summed E-state index contributed by atoms with van der Waals surface area (Å²) < 4.78 is 5.14. The lowest BCUT2D eigenvalue weighted by Crippen LogP contribution is -2.48. The number of amides is 5. The zero-order chi connectivity index (χ0) is 20.1. The highest BCUT2D eigenvalue weighted by Gasteiger charge is 2.42. The molecule has 0 unspecified atom stereocenters. The van der Waals surface area contributed by atoms with Crippen molar-refractivity contribution in [2.45, 2.75) is 38.4 Å². The minimum Gasteiger partial charge on any atom is -0.459 e. The van der Waals surface area contributed by atoms with E-state index in [1.807, 2.05) is 13.8 Å². The van der Waals surface area contributed by atoms with E-state index < -0.39 is 29.8 Å². The monoisotopic (exact) mass is 379 g/mol. The predicted molar refractivity (Wildman–Crippen MR) is 95.6 cm³/mol. The lowest BCUT2D eigenvalue weighted by atomic mass is 10.1. The summed E-state index contributed by atoms with van der Waals surface area (Å²) in [5.41, 5.74) is 5.15. The molecule has 0 bridgehead atoms. The normalized spacial score (nSPS) is 19.0. The number of hydrogen-bond acceptors (Lipinski definition) is 5. The third-order valence-corrected chi connectivity index (χ3v) is 4.10. The first-order chi connectivity index (χ1) is 12.7. The number of hydrogen-bond donors (Lipinski definition) is 3. The Kier molecular flexibility index (Phi) is 6.43. The van der Waals surface area contributed by atoms with Crippen molar-refractivity contribution in [1.82, 2.24) is 20.4 Å². The van der Waals surface area contributed by atoms with Crippen LogP contribution in [0.25, 0.3) is 0 Å². The van der Waals surface area contributed by atoms with Crippen molar-refractivity contribution >= 4 is 23.8 Å². The summed E-state index contributed by atoms with van der Waals surface area (Å²) in [5, 5.41) is 5.47. The van der Waals surface area contributed by atoms with Crippen LogP contribution in [0, 0.1) is 0 Å². The van der Waals surface area contributed by atoms with Gasteiger partial charge in [0, 0.05) is 19.6 Å². The SMILES string of the molecule is CC(C)NC(=O)N[C@H]1C[C@@H](C(=O)N(C)CC(N)=O)N(C(=O)c2ccco2)C1. The van der Waals surface area contributed by atoms with Gasteiger partial charge >= 0.3 is 6.03 Å². The molecular formula is C17H25N5O5. The molecule has 0 aromatic carbocycles. The minimum absolute atomic E-state index is 0.0496. The Hall–Kier alpha value is -3.04. The lowest BCUT2D eigenvalue weighted by molar-refractivity contribution is -0.137. The zero-order valence-electron chi connectivity index (χ0n) is 15.6. The average Bonchev–Trinajstić information content (AvgIpc) is 3.21.